The van der Waals surface area contributed by atoms with Gasteiger partial charge in [-0.15, -0.1) is 0 Å². The maximum atomic E-state index is 13.8. The van der Waals surface area contributed by atoms with Gasteiger partial charge in [0.05, 0.1) is 6.61 Å². The number of aliphatic hydroxyl groups excluding tert-OH is 1. The highest BCUT2D eigenvalue weighted by atomic mass is 31.2. The van der Waals surface area contributed by atoms with Crippen LogP contribution in [0.4, 0.5) is 5.82 Å². The molecule has 6 N–H and O–H groups in total. The van der Waals surface area contributed by atoms with E-state index in [1.54, 1.807) is 30.3 Å². The molecule has 1 aromatic carbocycles. The predicted octanol–water partition coefficient (Wildman–Crippen LogP) is 6.22. The number of carbonyl (C=O) groups excluding carboxylic acids is 1. The third kappa shape index (κ3) is 15.9. The van der Waals surface area contributed by atoms with Gasteiger partial charge in [-0.25, -0.2) is 14.4 Å². The molecule has 1 aliphatic rings. The second-order valence-electron chi connectivity index (χ2n) is 12.6. The molecule has 1 aliphatic heterocycles. The predicted molar refractivity (Wildman–Crippen MR) is 213 cm³/mol. The lowest BCUT2D eigenvalue weighted by Crippen LogP contribution is -2.46. The fourth-order valence-corrected chi connectivity index (χ4v) is 6.55. The molecule has 0 bridgehead atoms. The Balaban J connectivity index is 1.36. The first kappa shape index (κ1) is 44.0. The molecule has 0 saturated carbocycles. The number of anilines is 1. The lowest BCUT2D eigenvalue weighted by molar-refractivity contribution is -0.120. The van der Waals surface area contributed by atoms with Gasteiger partial charge in [0.1, 0.15) is 29.4 Å². The molecule has 5 unspecified atom stereocenters. The molecule has 5 atom stereocenters. The fraction of sp³-hybridized carbons (Fsp3) is 0.425. The van der Waals surface area contributed by atoms with Gasteiger partial charge >= 0.3 is 13.4 Å². The average molecular weight is 766 g/mol. The molecule has 0 aliphatic carbocycles. The number of aromatic nitrogens is 2. The minimum Gasteiger partial charge on any atom is -0.413 e. The fourth-order valence-electron chi connectivity index (χ4n) is 5.22. The van der Waals surface area contributed by atoms with Crippen LogP contribution in [-0.2, 0) is 18.6 Å². The highest BCUT2D eigenvalue weighted by Gasteiger charge is 2.54. The molecule has 294 valence electrons. The molecule has 0 spiro atoms. The highest BCUT2D eigenvalue weighted by Crippen LogP contribution is 2.46. The van der Waals surface area contributed by atoms with Gasteiger partial charge in [-0.05, 0) is 70.1 Å². The highest BCUT2D eigenvalue weighted by molar-refractivity contribution is 7.52. The third-order valence-corrected chi connectivity index (χ3v) is 9.67. The van der Waals surface area contributed by atoms with Crippen LogP contribution in [0.3, 0.4) is 0 Å². The number of nitrogens with zero attached hydrogens (tertiary/aromatic N) is 2. The Kier molecular flexibility index (Phi) is 19.7. The number of para-hydroxylation sites is 1. The van der Waals surface area contributed by atoms with Crippen LogP contribution in [0.1, 0.15) is 71.4 Å². The van der Waals surface area contributed by atoms with E-state index in [9.17, 15) is 24.4 Å². The second-order valence-corrected chi connectivity index (χ2v) is 14.4. The molecule has 2 heterocycles. The summed E-state index contributed by atoms with van der Waals surface area (Å²) in [5.74, 6) is 0.0747. The number of rotatable bonds is 24. The number of amides is 1. The number of nitrogens with two attached hydrogens (primary N) is 1. The number of hydrogen-bond acceptors (Lipinski definition) is 10. The Labute approximate surface area is 318 Å². The Morgan fingerprint density at radius 1 is 0.944 bits per heavy atom. The van der Waals surface area contributed by atoms with Gasteiger partial charge in [-0.3, -0.25) is 13.9 Å². The third-order valence-electron chi connectivity index (χ3n) is 8.12. The van der Waals surface area contributed by atoms with E-state index in [2.05, 4.69) is 83.1 Å². The summed E-state index contributed by atoms with van der Waals surface area (Å²) in [5, 5.41) is 27.4. The van der Waals surface area contributed by atoms with Crippen molar-refractivity contribution < 1.29 is 33.4 Å². The van der Waals surface area contributed by atoms with E-state index >= 15 is 0 Å². The van der Waals surface area contributed by atoms with Gasteiger partial charge in [-0.2, -0.15) is 4.98 Å². The van der Waals surface area contributed by atoms with E-state index in [0.717, 1.165) is 43.1 Å². The maximum absolute atomic E-state index is 13.8. The van der Waals surface area contributed by atoms with Gasteiger partial charge < -0.3 is 30.5 Å². The summed E-state index contributed by atoms with van der Waals surface area (Å²) in [5.41, 5.74) is 2.86. The number of nitrogens with one attached hydrogen (secondary N) is 2. The van der Waals surface area contributed by atoms with Gasteiger partial charge in [-0.1, -0.05) is 98.0 Å². The average Bonchev–Trinajstić information content (AvgIpc) is 3.37. The molecule has 0 radical (unpaired) electrons. The molecule has 13 nitrogen and oxygen atoms in total. The number of hydrogen-bond donors (Lipinski definition) is 5. The summed E-state index contributed by atoms with van der Waals surface area (Å²) in [4.78, 5) is 28.4. The standard InChI is InChI=1S/C40H56N5O8P/c1-3-4-5-6-7-8-9-10-11-12-13-14-15-16-17-18-19-20-24-27-36(46)42-29-30-43-54(50,53-33-25-22-21-23-26-33)51-32-34-37(47)40(2,49)38(52-34)45-31-28-35(41)44-39(45)48/h4-5,7-8,10-11,13-14,16-17,19-23,25-26,28,31,34,37-38,47,49H,3,6,9,12,15,18,24,27,29-30,32H2,1-2H3,(H,42,46)(H,43,50)(H2,41,44,48). The maximum Gasteiger partial charge on any atom is 0.458 e. The van der Waals surface area contributed by atoms with Crippen molar-refractivity contribution in [3.05, 3.63) is 126 Å². The van der Waals surface area contributed by atoms with Crippen LogP contribution in [0.2, 0.25) is 0 Å². The van der Waals surface area contributed by atoms with Crippen molar-refractivity contribution in [3.8, 4) is 5.75 Å². The summed E-state index contributed by atoms with van der Waals surface area (Å²) in [6.45, 7) is 3.14. The molecule has 3 rings (SSSR count). The zero-order valence-electron chi connectivity index (χ0n) is 31.2. The molecule has 14 heteroatoms. The number of nitrogen functional groups attached to an aromatic ring is 1. The smallest absolute Gasteiger partial charge is 0.413 e. The molecular weight excluding hydrogens is 709 g/mol. The molecule has 1 fully saturated rings. The normalized spacial score (nSPS) is 21.7. The van der Waals surface area contributed by atoms with Gasteiger partial charge in [0, 0.05) is 25.7 Å². The summed E-state index contributed by atoms with van der Waals surface area (Å²) in [6, 6.07) is 9.70. The topological polar surface area (TPSA) is 187 Å². The van der Waals surface area contributed by atoms with Gasteiger partial charge in [0.2, 0.25) is 5.91 Å². The van der Waals surface area contributed by atoms with Crippen molar-refractivity contribution in [2.75, 3.05) is 25.4 Å². The van der Waals surface area contributed by atoms with Gasteiger partial charge in [0.25, 0.3) is 0 Å². The van der Waals surface area contributed by atoms with Crippen LogP contribution in [0, 0.1) is 0 Å². The quantitative estimate of drug-likeness (QED) is 0.0464. The zero-order valence-corrected chi connectivity index (χ0v) is 32.1. The number of benzene rings is 1. The SMILES string of the molecule is CCC=CCC=CCC=CCC=CCC=CCC=CCCC(=O)NCCNP(=O)(OCC1OC(n2ccc(N)nc2=O)C(C)(O)C1O)Oc1ccccc1. The Morgan fingerprint density at radius 3 is 2.09 bits per heavy atom. The van der Waals surface area contributed by atoms with Crippen molar-refractivity contribution in [1.82, 2.24) is 20.0 Å². The Bertz CT molecular complexity index is 1700. The van der Waals surface area contributed by atoms with E-state index in [0.29, 0.717) is 12.8 Å². The van der Waals surface area contributed by atoms with Crippen molar-refractivity contribution in [2.24, 2.45) is 0 Å². The zero-order chi connectivity index (χ0) is 39.1. The first-order valence-corrected chi connectivity index (χ1v) is 19.9. The van der Waals surface area contributed by atoms with Crippen molar-refractivity contribution in [3.63, 3.8) is 0 Å². The molecule has 1 saturated heterocycles. The van der Waals surface area contributed by atoms with Crippen LogP contribution in [0.5, 0.6) is 5.75 Å². The lowest BCUT2D eigenvalue weighted by atomic mass is 9.96. The molecular formula is C40H56N5O8P. The first-order valence-electron chi connectivity index (χ1n) is 18.4. The summed E-state index contributed by atoms with van der Waals surface area (Å²) in [6.07, 6.45) is 29.3. The Morgan fingerprint density at radius 2 is 1.52 bits per heavy atom. The summed E-state index contributed by atoms with van der Waals surface area (Å²) < 4.78 is 31.9. The van der Waals surface area contributed by atoms with Crippen molar-refractivity contribution in [2.45, 2.75) is 89.3 Å². The monoisotopic (exact) mass is 765 g/mol. The van der Waals surface area contributed by atoms with Gasteiger partial charge in [0.15, 0.2) is 6.23 Å². The number of allylic oxidation sites excluding steroid dienone is 12. The van der Waals surface area contributed by atoms with E-state index in [1.165, 1.54) is 19.2 Å². The Hall–Kier alpha value is -4.36. The molecule has 2 aromatic rings. The van der Waals surface area contributed by atoms with Crippen LogP contribution < -0.4 is 26.4 Å². The first-order chi connectivity index (χ1) is 26.1. The van der Waals surface area contributed by atoms with E-state index in [1.807, 2.05) is 12.2 Å². The van der Waals surface area contributed by atoms with E-state index in [-0.39, 0.29) is 30.6 Å². The van der Waals surface area contributed by atoms with Crippen molar-refractivity contribution >= 4 is 19.5 Å². The molecule has 1 aromatic heterocycles. The minimum absolute atomic E-state index is 0.0135. The van der Waals surface area contributed by atoms with Crippen molar-refractivity contribution in [1.29, 1.82) is 0 Å². The largest absolute Gasteiger partial charge is 0.458 e. The van der Waals surface area contributed by atoms with Crippen LogP contribution in [0.15, 0.2) is 120 Å². The van der Waals surface area contributed by atoms with Crippen LogP contribution >= 0.6 is 7.75 Å². The lowest BCUT2D eigenvalue weighted by Gasteiger charge is -2.27. The molecule has 54 heavy (non-hydrogen) atoms. The number of aliphatic hydroxyl groups is 2. The summed E-state index contributed by atoms with van der Waals surface area (Å²) >= 11 is 0. The number of ether oxygens (including phenoxy) is 1. The van der Waals surface area contributed by atoms with Crippen LogP contribution in [0.25, 0.3) is 0 Å². The van der Waals surface area contributed by atoms with Crippen LogP contribution in [-0.4, -0.2) is 63.2 Å². The molecule has 1 amide bonds. The second kappa shape index (κ2) is 24.1. The minimum atomic E-state index is -4.09. The number of carbonyl (C=O) groups is 1. The summed E-state index contributed by atoms with van der Waals surface area (Å²) in [7, 11) is -4.09. The van der Waals surface area contributed by atoms with E-state index in [4.69, 9.17) is 19.5 Å². The van der Waals surface area contributed by atoms with E-state index < -0.39 is 44.1 Å².